The number of ether oxygens (including phenoxy) is 2. The van der Waals surface area contributed by atoms with E-state index >= 15 is 4.39 Å². The van der Waals surface area contributed by atoms with E-state index in [1.54, 1.807) is 14.2 Å². The van der Waals surface area contributed by atoms with Crippen molar-refractivity contribution in [2.75, 3.05) is 19.1 Å². The molecule has 0 bridgehead atoms. The summed E-state index contributed by atoms with van der Waals surface area (Å²) in [6, 6.07) is 17.7. The fourth-order valence-electron chi connectivity index (χ4n) is 4.99. The van der Waals surface area contributed by atoms with Crippen LogP contribution in [0.4, 0.5) is 10.1 Å². The first kappa shape index (κ1) is 26.5. The lowest BCUT2D eigenvalue weighted by molar-refractivity contribution is -0.121. The maximum absolute atomic E-state index is 16.5. The number of ketones is 1. The molecule has 1 saturated carbocycles. The van der Waals surface area contributed by atoms with E-state index in [1.807, 2.05) is 61.5 Å². The minimum Gasteiger partial charge on any atom is -0.497 e. The predicted octanol–water partition coefficient (Wildman–Crippen LogP) is 7.44. The molecule has 0 N–H and O–H groups in total. The summed E-state index contributed by atoms with van der Waals surface area (Å²) in [5.74, 6) is 1.76. The number of nitrogens with zero attached hydrogens (tertiary/aromatic N) is 1. The quantitative estimate of drug-likeness (QED) is 0.252. The van der Waals surface area contributed by atoms with E-state index < -0.39 is 0 Å². The molecule has 4 rings (SSSR count). The van der Waals surface area contributed by atoms with E-state index in [4.69, 9.17) is 9.47 Å². The second kappa shape index (κ2) is 11.6. The third-order valence-electron chi connectivity index (χ3n) is 7.19. The number of methoxy groups -OCH3 is 2. The van der Waals surface area contributed by atoms with Crippen molar-refractivity contribution in [3.8, 4) is 11.5 Å². The van der Waals surface area contributed by atoms with Gasteiger partial charge >= 0.3 is 0 Å². The number of halogens is 2. The molecule has 0 saturated heterocycles. The Bertz CT molecular complexity index is 1160. The van der Waals surface area contributed by atoms with Crippen LogP contribution in [0.1, 0.15) is 54.4 Å². The molecule has 4 nitrogen and oxygen atoms in total. The van der Waals surface area contributed by atoms with E-state index in [1.165, 1.54) is 0 Å². The molecular weight excluding hydrogens is 568 g/mol. The monoisotopic (exact) mass is 601 g/mol. The van der Waals surface area contributed by atoms with Crippen molar-refractivity contribution in [3.05, 3.63) is 86.2 Å². The van der Waals surface area contributed by atoms with Crippen LogP contribution in [0.5, 0.6) is 11.5 Å². The number of hydrogen-bond donors (Lipinski definition) is 0. The summed E-state index contributed by atoms with van der Waals surface area (Å²) in [7, 11) is 3.29. The lowest BCUT2D eigenvalue weighted by atomic mass is 9.75. The molecule has 36 heavy (non-hydrogen) atoms. The molecule has 0 aromatic heterocycles. The highest BCUT2D eigenvalue weighted by Crippen LogP contribution is 2.43. The SMILES string of the molecule is COc1ccc(CN(Cc2ccc(OC)cc2)c2cc(C)c(I)c(C3CC(=O)CCC3C)c2F)cc1. The number of anilines is 1. The fourth-order valence-corrected chi connectivity index (χ4v) is 5.78. The number of Topliss-reactive ketones (excluding diaryl/α,β-unsaturated/α-hetero) is 1. The van der Waals surface area contributed by atoms with Crippen LogP contribution >= 0.6 is 22.6 Å². The van der Waals surface area contributed by atoms with Gasteiger partial charge in [0.15, 0.2) is 5.82 Å². The first-order chi connectivity index (χ1) is 17.3. The van der Waals surface area contributed by atoms with Crippen molar-refractivity contribution in [1.82, 2.24) is 0 Å². The predicted molar refractivity (Wildman–Crippen MR) is 150 cm³/mol. The van der Waals surface area contributed by atoms with E-state index in [2.05, 4.69) is 34.4 Å². The molecule has 2 unspecified atom stereocenters. The first-order valence-corrected chi connectivity index (χ1v) is 13.4. The number of carbonyl (C=O) groups excluding carboxylic acids is 1. The highest BCUT2D eigenvalue weighted by Gasteiger charge is 2.33. The van der Waals surface area contributed by atoms with Crippen LogP contribution in [-0.4, -0.2) is 20.0 Å². The molecule has 0 spiro atoms. The zero-order valence-corrected chi connectivity index (χ0v) is 23.5. The molecule has 0 heterocycles. The topological polar surface area (TPSA) is 38.8 Å². The van der Waals surface area contributed by atoms with Gasteiger partial charge in [-0.3, -0.25) is 4.79 Å². The molecule has 1 aliphatic rings. The van der Waals surface area contributed by atoms with Crippen molar-refractivity contribution in [3.63, 3.8) is 0 Å². The summed E-state index contributed by atoms with van der Waals surface area (Å²) in [5.41, 5.74) is 4.41. The molecular formula is C30H33FINO3. The Morgan fingerprint density at radius 1 is 0.972 bits per heavy atom. The maximum Gasteiger partial charge on any atom is 0.151 e. The van der Waals surface area contributed by atoms with Crippen molar-refractivity contribution in [2.24, 2.45) is 5.92 Å². The molecule has 0 aliphatic heterocycles. The van der Waals surface area contributed by atoms with Crippen molar-refractivity contribution < 1.29 is 18.7 Å². The zero-order valence-electron chi connectivity index (χ0n) is 21.3. The zero-order chi connectivity index (χ0) is 25.8. The third kappa shape index (κ3) is 5.85. The van der Waals surface area contributed by atoms with Gasteiger partial charge in [0.1, 0.15) is 17.3 Å². The van der Waals surface area contributed by atoms with Gasteiger partial charge in [-0.05, 0) is 94.8 Å². The number of carbonyl (C=O) groups is 1. The highest BCUT2D eigenvalue weighted by molar-refractivity contribution is 14.1. The van der Waals surface area contributed by atoms with Gasteiger partial charge in [-0.25, -0.2) is 4.39 Å². The van der Waals surface area contributed by atoms with Gasteiger partial charge in [-0.1, -0.05) is 31.2 Å². The number of rotatable bonds is 8. The second-order valence-electron chi connectivity index (χ2n) is 9.67. The van der Waals surface area contributed by atoms with Gasteiger partial charge in [-0.15, -0.1) is 0 Å². The average Bonchev–Trinajstić information content (AvgIpc) is 2.89. The number of hydrogen-bond acceptors (Lipinski definition) is 4. The van der Waals surface area contributed by atoms with Gasteiger partial charge < -0.3 is 14.4 Å². The van der Waals surface area contributed by atoms with Crippen LogP contribution in [0.15, 0.2) is 54.6 Å². The first-order valence-electron chi connectivity index (χ1n) is 12.3. The number of benzene rings is 3. The van der Waals surface area contributed by atoms with Crippen molar-refractivity contribution in [1.29, 1.82) is 0 Å². The minimum atomic E-state index is -0.210. The molecule has 190 valence electrons. The fraction of sp³-hybridized carbons (Fsp3) is 0.367. The van der Waals surface area contributed by atoms with Gasteiger partial charge in [0.2, 0.25) is 0 Å². The van der Waals surface area contributed by atoms with Gasteiger partial charge in [-0.2, -0.15) is 0 Å². The Kier molecular flexibility index (Phi) is 8.54. The summed E-state index contributed by atoms with van der Waals surface area (Å²) < 4.78 is 28.0. The molecule has 0 amide bonds. The molecule has 2 atom stereocenters. The smallest absolute Gasteiger partial charge is 0.151 e. The summed E-state index contributed by atoms with van der Waals surface area (Å²) in [6.07, 6.45) is 1.81. The summed E-state index contributed by atoms with van der Waals surface area (Å²) in [4.78, 5) is 14.4. The summed E-state index contributed by atoms with van der Waals surface area (Å²) in [5, 5.41) is 0. The van der Waals surface area contributed by atoms with Crippen LogP contribution in [0.25, 0.3) is 0 Å². The maximum atomic E-state index is 16.5. The highest BCUT2D eigenvalue weighted by atomic mass is 127. The van der Waals surface area contributed by atoms with Crippen LogP contribution in [0.2, 0.25) is 0 Å². The Hall–Kier alpha value is -2.61. The minimum absolute atomic E-state index is 0.0966. The standard InChI is InChI=1S/C30H33FINO3/c1-19-5-10-23(34)16-26(19)28-29(31)27(15-20(2)30(28)32)33(17-21-6-11-24(35-3)12-7-21)18-22-8-13-25(36-4)14-9-22/h6-9,11-15,19,26H,5,10,16-18H2,1-4H3. The lowest BCUT2D eigenvalue weighted by Crippen LogP contribution is -2.27. The molecule has 1 aliphatic carbocycles. The van der Waals surface area contributed by atoms with Crippen LogP contribution in [0, 0.1) is 22.2 Å². The van der Waals surface area contributed by atoms with Crippen LogP contribution in [-0.2, 0) is 17.9 Å². The molecule has 6 heteroatoms. The lowest BCUT2D eigenvalue weighted by Gasteiger charge is -2.33. The molecule has 1 fully saturated rings. The molecule has 3 aromatic rings. The Labute approximate surface area is 226 Å². The van der Waals surface area contributed by atoms with E-state index in [0.29, 0.717) is 37.2 Å². The van der Waals surface area contributed by atoms with E-state index in [9.17, 15) is 4.79 Å². The normalized spacial score (nSPS) is 17.7. The Morgan fingerprint density at radius 3 is 2.00 bits per heavy atom. The Morgan fingerprint density at radius 2 is 1.50 bits per heavy atom. The molecule has 0 radical (unpaired) electrons. The van der Waals surface area contributed by atoms with Crippen LogP contribution < -0.4 is 14.4 Å². The third-order valence-corrected chi connectivity index (χ3v) is 8.62. The Balaban J connectivity index is 1.77. The largest absolute Gasteiger partial charge is 0.497 e. The second-order valence-corrected chi connectivity index (χ2v) is 10.8. The van der Waals surface area contributed by atoms with Gasteiger partial charge in [0, 0.05) is 35.1 Å². The molecule has 3 aromatic carbocycles. The van der Waals surface area contributed by atoms with E-state index in [0.717, 1.165) is 38.2 Å². The summed E-state index contributed by atoms with van der Waals surface area (Å²) >= 11 is 2.26. The van der Waals surface area contributed by atoms with Gasteiger partial charge in [0.25, 0.3) is 0 Å². The van der Waals surface area contributed by atoms with E-state index in [-0.39, 0.29) is 23.4 Å². The van der Waals surface area contributed by atoms with Crippen LogP contribution in [0.3, 0.4) is 0 Å². The van der Waals surface area contributed by atoms with Crippen molar-refractivity contribution >= 4 is 34.1 Å². The van der Waals surface area contributed by atoms with Gasteiger partial charge in [0.05, 0.1) is 19.9 Å². The van der Waals surface area contributed by atoms with Crippen molar-refractivity contribution in [2.45, 2.75) is 52.1 Å². The average molecular weight is 602 g/mol. The number of aryl methyl sites for hydroxylation is 1. The summed E-state index contributed by atoms with van der Waals surface area (Å²) in [6.45, 7) is 5.24.